The third-order valence-electron chi connectivity index (χ3n) is 6.24. The Labute approximate surface area is 180 Å². The van der Waals surface area contributed by atoms with Gasteiger partial charge in [0.25, 0.3) is 0 Å². The van der Waals surface area contributed by atoms with Gasteiger partial charge in [-0.2, -0.15) is 0 Å². The van der Waals surface area contributed by atoms with Gasteiger partial charge in [-0.1, -0.05) is 31.8 Å². The number of rotatable bonds is 6. The van der Waals surface area contributed by atoms with E-state index in [9.17, 15) is 9.90 Å². The van der Waals surface area contributed by atoms with E-state index in [4.69, 9.17) is 9.47 Å². The molecule has 0 radical (unpaired) electrons. The molecule has 3 saturated heterocycles. The molecule has 3 heterocycles. The highest BCUT2D eigenvalue weighted by molar-refractivity contribution is 5.92. The molecule has 5 heteroatoms. The van der Waals surface area contributed by atoms with Crippen LogP contribution in [0.3, 0.4) is 0 Å². The molecule has 1 N–H and O–H groups in total. The zero-order chi connectivity index (χ0) is 21.8. The van der Waals surface area contributed by atoms with Crippen LogP contribution in [0.4, 0.5) is 0 Å². The number of aliphatic hydroxyl groups excluding tert-OH is 1. The SMILES string of the molecule is C=CCc1c(C#CC2C(O)C3CCN2CC3)ccc(C(=O)OC(C)OC)c1C(C)C. The molecular weight excluding hydrogens is 378 g/mol. The lowest BCUT2D eigenvalue weighted by atomic mass is 9.80. The molecule has 3 aliphatic rings. The van der Waals surface area contributed by atoms with Crippen LogP contribution in [0.5, 0.6) is 0 Å². The lowest BCUT2D eigenvalue weighted by molar-refractivity contribution is -0.0774. The second-order valence-corrected chi connectivity index (χ2v) is 8.49. The third kappa shape index (κ3) is 4.62. The van der Waals surface area contributed by atoms with E-state index in [1.165, 1.54) is 7.11 Å². The van der Waals surface area contributed by atoms with Crippen LogP contribution in [0.2, 0.25) is 0 Å². The topological polar surface area (TPSA) is 59.0 Å². The number of hydrogen-bond donors (Lipinski definition) is 1. The number of esters is 1. The number of carbonyl (C=O) groups is 1. The molecule has 4 rings (SSSR count). The lowest BCUT2D eigenvalue weighted by Gasteiger charge is -2.46. The number of fused-ring (bicyclic) bond motifs is 3. The van der Waals surface area contributed by atoms with Crippen LogP contribution in [0.25, 0.3) is 0 Å². The first kappa shape index (κ1) is 22.6. The zero-order valence-corrected chi connectivity index (χ0v) is 18.5. The van der Waals surface area contributed by atoms with E-state index in [1.54, 1.807) is 13.0 Å². The van der Waals surface area contributed by atoms with Crippen LogP contribution >= 0.6 is 0 Å². The molecule has 3 aliphatic heterocycles. The minimum atomic E-state index is -0.614. The third-order valence-corrected chi connectivity index (χ3v) is 6.24. The minimum Gasteiger partial charge on any atom is -0.432 e. The van der Waals surface area contributed by atoms with Crippen LogP contribution < -0.4 is 0 Å². The molecule has 5 nitrogen and oxygen atoms in total. The summed E-state index contributed by atoms with van der Waals surface area (Å²) in [4.78, 5) is 15.0. The van der Waals surface area contributed by atoms with Gasteiger partial charge in [0.15, 0.2) is 6.29 Å². The van der Waals surface area contributed by atoms with Gasteiger partial charge in [-0.05, 0) is 74.4 Å². The molecule has 1 aromatic rings. The molecule has 0 aliphatic carbocycles. The fourth-order valence-corrected chi connectivity index (χ4v) is 4.59. The predicted octanol–water partition coefficient (Wildman–Crippen LogP) is 3.49. The maximum atomic E-state index is 12.7. The van der Waals surface area contributed by atoms with Crippen molar-refractivity contribution in [2.75, 3.05) is 20.2 Å². The minimum absolute atomic E-state index is 0.113. The number of allylic oxidation sites excluding steroid dienone is 1. The standard InChI is InChI=1S/C25H33NO4/c1-6-7-20-18(9-11-22-24(27)19-12-14-26(22)15-13-19)8-10-21(23(20)16(2)3)25(28)30-17(4)29-5/h6,8,10,16-17,19,22,24,27H,1,7,12-15H2,2-5H3. The number of nitrogens with zero attached hydrogens (tertiary/aromatic N) is 1. The number of hydrogen-bond acceptors (Lipinski definition) is 5. The smallest absolute Gasteiger partial charge is 0.340 e. The van der Waals surface area contributed by atoms with Crippen molar-refractivity contribution in [3.8, 4) is 11.8 Å². The fraction of sp³-hybridized carbons (Fsp3) is 0.560. The van der Waals surface area contributed by atoms with Crippen molar-refractivity contribution >= 4 is 5.97 Å². The fourth-order valence-electron chi connectivity index (χ4n) is 4.59. The van der Waals surface area contributed by atoms with Crippen LogP contribution in [0.1, 0.15) is 66.6 Å². The molecule has 1 aromatic carbocycles. The summed E-state index contributed by atoms with van der Waals surface area (Å²) in [6.07, 6.45) is 3.54. The molecule has 2 bridgehead atoms. The first-order valence-electron chi connectivity index (χ1n) is 10.8. The van der Waals surface area contributed by atoms with E-state index < -0.39 is 18.4 Å². The number of carbonyl (C=O) groups excluding carboxylic acids is 1. The van der Waals surface area contributed by atoms with Crippen molar-refractivity contribution in [3.63, 3.8) is 0 Å². The summed E-state index contributed by atoms with van der Waals surface area (Å²) >= 11 is 0. The quantitative estimate of drug-likeness (QED) is 0.336. The van der Waals surface area contributed by atoms with E-state index in [0.717, 1.165) is 42.6 Å². The predicted molar refractivity (Wildman–Crippen MR) is 117 cm³/mol. The van der Waals surface area contributed by atoms with E-state index in [1.807, 2.05) is 12.1 Å². The Kier molecular flexibility index (Phi) is 7.36. The molecule has 0 saturated carbocycles. The number of ether oxygens (including phenoxy) is 2. The Balaban J connectivity index is 1.99. The molecule has 3 atom stereocenters. The van der Waals surface area contributed by atoms with Gasteiger partial charge in [0.1, 0.15) is 0 Å². The summed E-state index contributed by atoms with van der Waals surface area (Å²) in [5.41, 5.74) is 3.35. The largest absolute Gasteiger partial charge is 0.432 e. The summed E-state index contributed by atoms with van der Waals surface area (Å²) in [5.74, 6) is 6.72. The van der Waals surface area contributed by atoms with E-state index >= 15 is 0 Å². The van der Waals surface area contributed by atoms with Gasteiger partial charge in [0.2, 0.25) is 0 Å². The monoisotopic (exact) mass is 411 g/mol. The summed E-state index contributed by atoms with van der Waals surface area (Å²) in [7, 11) is 1.51. The lowest BCUT2D eigenvalue weighted by Crippen LogP contribution is -2.57. The molecule has 0 amide bonds. The molecule has 30 heavy (non-hydrogen) atoms. The van der Waals surface area contributed by atoms with Crippen LogP contribution in [-0.2, 0) is 15.9 Å². The van der Waals surface area contributed by atoms with Crippen molar-refractivity contribution in [3.05, 3.63) is 47.0 Å². The first-order chi connectivity index (χ1) is 14.4. The van der Waals surface area contributed by atoms with Gasteiger partial charge in [-0.15, -0.1) is 6.58 Å². The Morgan fingerprint density at radius 1 is 1.33 bits per heavy atom. The normalized spacial score (nSPS) is 26.1. The molecule has 3 fully saturated rings. The van der Waals surface area contributed by atoms with Crippen molar-refractivity contribution in [2.45, 2.75) is 64.4 Å². The maximum absolute atomic E-state index is 12.7. The van der Waals surface area contributed by atoms with Gasteiger partial charge in [0.05, 0.1) is 17.7 Å². The average molecular weight is 412 g/mol. The number of methoxy groups -OCH3 is 1. The maximum Gasteiger partial charge on any atom is 0.340 e. The average Bonchev–Trinajstić information content (AvgIpc) is 2.74. The summed E-state index contributed by atoms with van der Waals surface area (Å²) < 4.78 is 10.5. The Morgan fingerprint density at radius 3 is 2.60 bits per heavy atom. The van der Waals surface area contributed by atoms with Crippen LogP contribution in [0.15, 0.2) is 24.8 Å². The second-order valence-electron chi connectivity index (χ2n) is 8.49. The van der Waals surface area contributed by atoms with Crippen molar-refractivity contribution in [1.82, 2.24) is 4.90 Å². The highest BCUT2D eigenvalue weighted by Gasteiger charge is 2.40. The Bertz CT molecular complexity index is 841. The highest BCUT2D eigenvalue weighted by Crippen LogP contribution is 2.32. The van der Waals surface area contributed by atoms with Gasteiger partial charge >= 0.3 is 5.97 Å². The van der Waals surface area contributed by atoms with Gasteiger partial charge in [0, 0.05) is 12.7 Å². The van der Waals surface area contributed by atoms with Crippen molar-refractivity contribution in [2.24, 2.45) is 5.92 Å². The molecule has 0 spiro atoms. The van der Waals surface area contributed by atoms with Crippen molar-refractivity contribution in [1.29, 1.82) is 0 Å². The summed E-state index contributed by atoms with van der Waals surface area (Å²) in [5, 5.41) is 10.6. The molecular formula is C25H33NO4. The van der Waals surface area contributed by atoms with Gasteiger partial charge < -0.3 is 14.6 Å². The highest BCUT2D eigenvalue weighted by atomic mass is 16.7. The number of benzene rings is 1. The van der Waals surface area contributed by atoms with E-state index in [2.05, 4.69) is 37.2 Å². The van der Waals surface area contributed by atoms with E-state index in [0.29, 0.717) is 17.9 Å². The van der Waals surface area contributed by atoms with Crippen LogP contribution in [0, 0.1) is 17.8 Å². The van der Waals surface area contributed by atoms with E-state index in [-0.39, 0.29) is 12.0 Å². The molecule has 162 valence electrons. The first-order valence-corrected chi connectivity index (χ1v) is 10.8. The van der Waals surface area contributed by atoms with Crippen LogP contribution in [-0.4, -0.2) is 54.6 Å². The summed E-state index contributed by atoms with van der Waals surface area (Å²) in [6.45, 7) is 11.7. The second kappa shape index (κ2) is 9.78. The summed E-state index contributed by atoms with van der Waals surface area (Å²) in [6, 6.07) is 3.55. The molecule has 0 aromatic heterocycles. The van der Waals surface area contributed by atoms with Crippen molar-refractivity contribution < 1.29 is 19.4 Å². The number of aliphatic hydroxyl groups is 1. The van der Waals surface area contributed by atoms with Gasteiger partial charge in [-0.3, -0.25) is 4.90 Å². The molecule has 3 unspecified atom stereocenters. The Morgan fingerprint density at radius 2 is 2.03 bits per heavy atom. The zero-order valence-electron chi connectivity index (χ0n) is 18.5. The van der Waals surface area contributed by atoms with Gasteiger partial charge in [-0.25, -0.2) is 4.79 Å². The Hall–Kier alpha value is -2.13. The number of piperidine rings is 3.